The average molecular weight is 752 g/mol. The monoisotopic (exact) mass is 751 g/mol. The molecule has 7 aromatic carbocycles. The van der Waals surface area contributed by atoms with Crippen molar-refractivity contribution in [3.05, 3.63) is 176 Å². The molecule has 5 nitrogen and oxygen atoms in total. The second-order valence-electron chi connectivity index (χ2n) is 13.6. The van der Waals surface area contributed by atoms with Crippen molar-refractivity contribution in [3.63, 3.8) is 0 Å². The quantitative estimate of drug-likeness (QED) is 0.169. The summed E-state index contributed by atoms with van der Waals surface area (Å²) >= 11 is 3.54. The highest BCUT2D eigenvalue weighted by Crippen LogP contribution is 2.42. The van der Waals surface area contributed by atoms with Gasteiger partial charge in [-0.1, -0.05) is 152 Å². The minimum absolute atomic E-state index is 0.651. The zero-order valence-corrected chi connectivity index (χ0v) is 31.4. The van der Waals surface area contributed by atoms with Gasteiger partial charge in [0.2, 0.25) is 0 Å². The van der Waals surface area contributed by atoms with Gasteiger partial charge in [-0.3, -0.25) is 0 Å². The Hall–Kier alpha value is -6.93. The molecule has 4 aromatic heterocycles. The van der Waals surface area contributed by atoms with Crippen LogP contribution in [0.5, 0.6) is 0 Å². The maximum absolute atomic E-state index is 5.18. The Morgan fingerprint density at radius 1 is 0.321 bits per heavy atom. The summed E-state index contributed by atoms with van der Waals surface area (Å²) in [4.78, 5) is 25.4. The summed E-state index contributed by atoms with van der Waals surface area (Å²) in [6.45, 7) is 0. The van der Waals surface area contributed by atoms with Crippen LogP contribution in [0.4, 0.5) is 0 Å². The second kappa shape index (κ2) is 13.4. The van der Waals surface area contributed by atoms with Crippen molar-refractivity contribution in [1.82, 2.24) is 24.9 Å². The van der Waals surface area contributed by atoms with Gasteiger partial charge in [0.15, 0.2) is 23.3 Å². The Morgan fingerprint density at radius 2 is 0.857 bits per heavy atom. The Bertz CT molecular complexity index is 3170. The predicted molar refractivity (Wildman–Crippen MR) is 234 cm³/mol. The van der Waals surface area contributed by atoms with E-state index in [0.29, 0.717) is 17.5 Å². The average Bonchev–Trinajstić information content (AvgIpc) is 3.85. The van der Waals surface area contributed by atoms with E-state index >= 15 is 0 Å². The van der Waals surface area contributed by atoms with Crippen LogP contribution in [-0.4, -0.2) is 24.9 Å². The van der Waals surface area contributed by atoms with Gasteiger partial charge in [-0.2, -0.15) is 0 Å². The fourth-order valence-electron chi connectivity index (χ4n) is 7.45. The lowest BCUT2D eigenvalue weighted by Crippen LogP contribution is -2.00. The summed E-state index contributed by atoms with van der Waals surface area (Å²) in [6, 6.07) is 61.0. The van der Waals surface area contributed by atoms with Gasteiger partial charge in [0.1, 0.15) is 0 Å². The molecule has 0 aliphatic rings. The molecule has 0 N–H and O–H groups in total. The molecule has 56 heavy (non-hydrogen) atoms. The van der Waals surface area contributed by atoms with E-state index in [-0.39, 0.29) is 0 Å². The van der Waals surface area contributed by atoms with Gasteiger partial charge in [-0.15, -0.1) is 22.7 Å². The summed E-state index contributed by atoms with van der Waals surface area (Å²) in [5, 5.41) is 3.48. The fraction of sp³-hybridized carbons (Fsp3) is 0. The van der Waals surface area contributed by atoms with Crippen molar-refractivity contribution < 1.29 is 0 Å². The van der Waals surface area contributed by atoms with E-state index in [1.165, 1.54) is 19.5 Å². The third-order valence-corrected chi connectivity index (χ3v) is 12.5. The molecule has 11 rings (SSSR count). The fourth-order valence-corrected chi connectivity index (χ4v) is 9.71. The molecule has 0 aliphatic heterocycles. The minimum Gasteiger partial charge on any atom is -0.226 e. The topological polar surface area (TPSA) is 64.5 Å². The first-order chi connectivity index (χ1) is 27.7. The van der Waals surface area contributed by atoms with Crippen molar-refractivity contribution in [2.75, 3.05) is 0 Å². The summed E-state index contributed by atoms with van der Waals surface area (Å²) in [7, 11) is 0. The van der Waals surface area contributed by atoms with Crippen LogP contribution in [0.1, 0.15) is 0 Å². The van der Waals surface area contributed by atoms with Crippen LogP contribution in [0.15, 0.2) is 176 Å². The molecular weight excluding hydrogens is 723 g/mol. The number of hydrogen-bond donors (Lipinski definition) is 0. The highest BCUT2D eigenvalue weighted by molar-refractivity contribution is 7.26. The highest BCUT2D eigenvalue weighted by atomic mass is 32.1. The molecule has 11 aromatic rings. The number of aromatic nitrogens is 5. The molecule has 0 saturated heterocycles. The Kier molecular flexibility index (Phi) is 7.79. The maximum Gasteiger partial charge on any atom is 0.164 e. The highest BCUT2D eigenvalue weighted by Gasteiger charge is 2.19. The lowest BCUT2D eigenvalue weighted by Gasteiger charge is -2.10. The lowest BCUT2D eigenvalue weighted by molar-refractivity contribution is 1.08. The van der Waals surface area contributed by atoms with E-state index in [2.05, 4.69) is 109 Å². The standard InChI is InChI=1S/C49H29N5S2/c1-4-13-31(14-5-1)43-45-44(36-19-10-11-21-39(36)56-45)51-46(50-43)34-25-23-30(24-26-34)35-27-28-40-38(29-35)42-37(20-12-22-41(42)55-40)49-53-47(32-15-6-2-7-16-32)52-48(54-49)33-17-8-3-9-18-33/h1-29H. The minimum atomic E-state index is 0.651. The molecule has 0 spiro atoms. The third-order valence-electron chi connectivity index (χ3n) is 10.2. The van der Waals surface area contributed by atoms with Gasteiger partial charge in [-0.25, -0.2) is 24.9 Å². The Balaban J connectivity index is 1.02. The van der Waals surface area contributed by atoms with E-state index in [9.17, 15) is 0 Å². The molecule has 4 heterocycles. The molecule has 262 valence electrons. The normalized spacial score (nSPS) is 11.6. The van der Waals surface area contributed by atoms with Crippen LogP contribution in [0.25, 0.3) is 108 Å². The number of benzene rings is 7. The van der Waals surface area contributed by atoms with Crippen LogP contribution < -0.4 is 0 Å². The van der Waals surface area contributed by atoms with Gasteiger partial charge in [0.05, 0.1) is 15.9 Å². The van der Waals surface area contributed by atoms with Crippen LogP contribution in [-0.2, 0) is 0 Å². The van der Waals surface area contributed by atoms with Crippen LogP contribution in [0.3, 0.4) is 0 Å². The number of thiophene rings is 2. The van der Waals surface area contributed by atoms with Crippen molar-refractivity contribution in [3.8, 4) is 67.9 Å². The zero-order chi connectivity index (χ0) is 37.0. The van der Waals surface area contributed by atoms with Gasteiger partial charge in [-0.05, 0) is 35.4 Å². The molecule has 0 fully saturated rings. The molecule has 0 amide bonds. The molecule has 0 saturated carbocycles. The molecule has 0 atom stereocenters. The number of fused-ring (bicyclic) bond motifs is 6. The largest absolute Gasteiger partial charge is 0.226 e. The summed E-state index contributed by atoms with van der Waals surface area (Å²) in [5.41, 5.74) is 9.17. The number of hydrogen-bond acceptors (Lipinski definition) is 7. The second-order valence-corrected chi connectivity index (χ2v) is 15.8. The maximum atomic E-state index is 5.18. The smallest absolute Gasteiger partial charge is 0.164 e. The van der Waals surface area contributed by atoms with E-state index in [4.69, 9.17) is 24.9 Å². The summed E-state index contributed by atoms with van der Waals surface area (Å²) in [6.07, 6.45) is 0. The van der Waals surface area contributed by atoms with Crippen molar-refractivity contribution >= 4 is 63.1 Å². The zero-order valence-electron chi connectivity index (χ0n) is 29.8. The van der Waals surface area contributed by atoms with Gasteiger partial charge < -0.3 is 0 Å². The van der Waals surface area contributed by atoms with Crippen molar-refractivity contribution in [2.24, 2.45) is 0 Å². The molecule has 0 radical (unpaired) electrons. The summed E-state index contributed by atoms with van der Waals surface area (Å²) < 4.78 is 4.73. The van der Waals surface area contributed by atoms with E-state index in [1.807, 2.05) is 66.7 Å². The van der Waals surface area contributed by atoms with Crippen molar-refractivity contribution in [2.45, 2.75) is 0 Å². The molecule has 7 heteroatoms. The Labute approximate surface area is 330 Å². The number of rotatable bonds is 6. The van der Waals surface area contributed by atoms with E-state index < -0.39 is 0 Å². The van der Waals surface area contributed by atoms with Crippen LogP contribution in [0.2, 0.25) is 0 Å². The van der Waals surface area contributed by atoms with E-state index in [0.717, 1.165) is 71.5 Å². The van der Waals surface area contributed by atoms with Crippen LogP contribution in [0, 0.1) is 0 Å². The first kappa shape index (κ1) is 32.5. The SMILES string of the molecule is c1ccc(-c2nc(-c3ccccc3)nc(-c3cccc4sc5ccc(-c6ccc(-c7nc(-c8ccccc8)c8sc9ccccc9c8n7)cc6)cc5c34)n2)cc1. The lowest BCUT2D eigenvalue weighted by atomic mass is 9.99. The summed E-state index contributed by atoms with van der Waals surface area (Å²) in [5.74, 6) is 2.68. The van der Waals surface area contributed by atoms with E-state index in [1.54, 1.807) is 22.7 Å². The number of nitrogens with zero attached hydrogens (tertiary/aromatic N) is 5. The molecule has 0 bridgehead atoms. The first-order valence-corrected chi connectivity index (χ1v) is 20.0. The molecule has 0 unspecified atom stereocenters. The molecule has 0 aliphatic carbocycles. The molecular formula is C49H29N5S2. The predicted octanol–water partition coefficient (Wildman–Crippen LogP) is 13.4. The van der Waals surface area contributed by atoms with Crippen LogP contribution >= 0.6 is 22.7 Å². The van der Waals surface area contributed by atoms with Gasteiger partial charge in [0, 0.05) is 58.1 Å². The first-order valence-electron chi connectivity index (χ1n) is 18.4. The van der Waals surface area contributed by atoms with Crippen molar-refractivity contribution in [1.29, 1.82) is 0 Å². The van der Waals surface area contributed by atoms with Gasteiger partial charge in [0.25, 0.3) is 0 Å². The third kappa shape index (κ3) is 5.64. The Morgan fingerprint density at radius 3 is 1.57 bits per heavy atom. The van der Waals surface area contributed by atoms with Gasteiger partial charge >= 0.3 is 0 Å².